The van der Waals surface area contributed by atoms with Crippen LogP contribution in [0.25, 0.3) is 0 Å². The number of amides is 3. The largest absolute Gasteiger partial charge is 0.383 e. The van der Waals surface area contributed by atoms with Crippen LogP contribution in [0.4, 0.5) is 4.39 Å². The lowest BCUT2D eigenvalue weighted by molar-refractivity contribution is -0.143. The lowest BCUT2D eigenvalue weighted by Crippen LogP contribution is -2.47. The van der Waals surface area contributed by atoms with Crippen LogP contribution in [0, 0.1) is 11.2 Å². The Labute approximate surface area is 176 Å². The van der Waals surface area contributed by atoms with Crippen LogP contribution < -0.4 is 5.32 Å². The van der Waals surface area contributed by atoms with Gasteiger partial charge in [-0.05, 0) is 37.8 Å². The SMILES string of the molecule is CCN1C(=O)C2(CCN(C(=O)Cc3ccccc3F)CC2)CC1C(=O)NCCOC. The van der Waals surface area contributed by atoms with Crippen LogP contribution in [0.5, 0.6) is 0 Å². The average molecular weight is 419 g/mol. The van der Waals surface area contributed by atoms with Gasteiger partial charge in [-0.2, -0.15) is 0 Å². The molecule has 30 heavy (non-hydrogen) atoms. The summed E-state index contributed by atoms with van der Waals surface area (Å²) in [5, 5.41) is 2.83. The number of methoxy groups -OCH3 is 1. The Morgan fingerprint density at radius 2 is 1.97 bits per heavy atom. The van der Waals surface area contributed by atoms with E-state index in [9.17, 15) is 18.8 Å². The molecule has 1 aromatic carbocycles. The fourth-order valence-corrected chi connectivity index (χ4v) is 4.52. The molecule has 2 fully saturated rings. The minimum atomic E-state index is -0.603. The molecule has 164 valence electrons. The van der Waals surface area contributed by atoms with Gasteiger partial charge < -0.3 is 19.9 Å². The number of carbonyl (C=O) groups is 3. The van der Waals surface area contributed by atoms with Gasteiger partial charge in [0, 0.05) is 33.3 Å². The highest BCUT2D eigenvalue weighted by atomic mass is 19.1. The molecule has 0 aliphatic carbocycles. The van der Waals surface area contributed by atoms with Gasteiger partial charge in [0.2, 0.25) is 17.7 Å². The Morgan fingerprint density at radius 3 is 2.60 bits per heavy atom. The number of piperidine rings is 1. The van der Waals surface area contributed by atoms with Crippen molar-refractivity contribution in [3.63, 3.8) is 0 Å². The van der Waals surface area contributed by atoms with Crippen LogP contribution in [0.1, 0.15) is 31.7 Å². The van der Waals surface area contributed by atoms with E-state index in [4.69, 9.17) is 4.74 Å². The van der Waals surface area contributed by atoms with E-state index in [2.05, 4.69) is 5.32 Å². The fourth-order valence-electron chi connectivity index (χ4n) is 4.52. The average Bonchev–Trinajstić information content (AvgIpc) is 3.02. The summed E-state index contributed by atoms with van der Waals surface area (Å²) in [7, 11) is 1.57. The summed E-state index contributed by atoms with van der Waals surface area (Å²) in [5.41, 5.74) is -0.224. The first-order valence-electron chi connectivity index (χ1n) is 10.5. The lowest BCUT2D eigenvalue weighted by atomic mass is 9.76. The van der Waals surface area contributed by atoms with Crippen molar-refractivity contribution in [2.24, 2.45) is 5.41 Å². The molecule has 2 aliphatic heterocycles. The zero-order valence-corrected chi connectivity index (χ0v) is 17.7. The maximum atomic E-state index is 13.9. The van der Waals surface area contributed by atoms with E-state index < -0.39 is 11.5 Å². The molecule has 0 bridgehead atoms. The van der Waals surface area contributed by atoms with E-state index in [0.29, 0.717) is 57.6 Å². The third kappa shape index (κ3) is 4.48. The number of carbonyl (C=O) groups excluding carboxylic acids is 3. The molecular formula is C22H30FN3O4. The Balaban J connectivity index is 1.62. The van der Waals surface area contributed by atoms with E-state index in [-0.39, 0.29) is 30.0 Å². The third-order valence-corrected chi connectivity index (χ3v) is 6.30. The number of nitrogens with zero attached hydrogens (tertiary/aromatic N) is 2. The molecule has 2 aliphatic rings. The van der Waals surface area contributed by atoms with Crippen molar-refractivity contribution in [2.45, 2.75) is 38.6 Å². The van der Waals surface area contributed by atoms with Gasteiger partial charge >= 0.3 is 0 Å². The third-order valence-electron chi connectivity index (χ3n) is 6.30. The molecule has 1 unspecified atom stereocenters. The van der Waals surface area contributed by atoms with Crippen molar-refractivity contribution in [2.75, 3.05) is 39.9 Å². The van der Waals surface area contributed by atoms with Crippen molar-refractivity contribution < 1.29 is 23.5 Å². The second kappa shape index (κ2) is 9.55. The first-order chi connectivity index (χ1) is 14.4. The van der Waals surface area contributed by atoms with E-state index in [1.54, 1.807) is 35.1 Å². The molecule has 1 spiro atoms. The van der Waals surface area contributed by atoms with Crippen LogP contribution in [-0.4, -0.2) is 73.5 Å². The number of likely N-dealkylation sites (tertiary alicyclic amines) is 2. The Bertz CT molecular complexity index is 792. The van der Waals surface area contributed by atoms with Crippen LogP contribution >= 0.6 is 0 Å². The van der Waals surface area contributed by atoms with Gasteiger partial charge in [-0.25, -0.2) is 4.39 Å². The van der Waals surface area contributed by atoms with Crippen LogP contribution in [0.3, 0.4) is 0 Å². The van der Waals surface area contributed by atoms with Gasteiger partial charge in [0.05, 0.1) is 18.4 Å². The van der Waals surface area contributed by atoms with Crippen molar-refractivity contribution in [3.05, 3.63) is 35.6 Å². The predicted octanol–water partition coefficient (Wildman–Crippen LogP) is 1.36. The van der Waals surface area contributed by atoms with Crippen LogP contribution in [0.15, 0.2) is 24.3 Å². The number of halogens is 1. The highest BCUT2D eigenvalue weighted by Gasteiger charge is 2.54. The second-order valence-corrected chi connectivity index (χ2v) is 8.02. The van der Waals surface area contributed by atoms with E-state index in [1.165, 1.54) is 6.07 Å². The summed E-state index contributed by atoms with van der Waals surface area (Å²) >= 11 is 0. The van der Waals surface area contributed by atoms with Gasteiger partial charge in [-0.3, -0.25) is 14.4 Å². The number of benzene rings is 1. The normalized spacial score (nSPS) is 20.6. The standard InChI is InChI=1S/C22H30FN3O4/c1-3-26-18(20(28)24-10-13-30-2)15-22(21(26)29)8-11-25(12-9-22)19(27)14-16-6-4-5-7-17(16)23/h4-7,18H,3,8-15H2,1-2H3,(H,24,28). The summed E-state index contributed by atoms with van der Waals surface area (Å²) in [6.45, 7) is 4.05. The molecule has 1 atom stereocenters. The first kappa shape index (κ1) is 22.2. The van der Waals surface area contributed by atoms with E-state index in [0.717, 1.165) is 0 Å². The Hall–Kier alpha value is -2.48. The topological polar surface area (TPSA) is 79.0 Å². The summed E-state index contributed by atoms with van der Waals surface area (Å²) in [6, 6.07) is 5.79. The van der Waals surface area contributed by atoms with Crippen LogP contribution in [-0.2, 0) is 25.5 Å². The minimum absolute atomic E-state index is 0.00176. The zero-order chi connectivity index (χ0) is 21.7. The zero-order valence-electron chi connectivity index (χ0n) is 17.7. The molecule has 3 amide bonds. The predicted molar refractivity (Wildman–Crippen MR) is 109 cm³/mol. The Morgan fingerprint density at radius 1 is 1.27 bits per heavy atom. The number of likely N-dealkylation sites (N-methyl/N-ethyl adjacent to an activating group) is 1. The molecule has 2 heterocycles. The molecule has 8 heteroatoms. The molecule has 1 aromatic rings. The van der Waals surface area contributed by atoms with Gasteiger partial charge in [0.1, 0.15) is 11.9 Å². The second-order valence-electron chi connectivity index (χ2n) is 8.02. The molecule has 7 nitrogen and oxygen atoms in total. The quantitative estimate of drug-likeness (QED) is 0.677. The van der Waals surface area contributed by atoms with Gasteiger partial charge in [0.25, 0.3) is 0 Å². The molecule has 1 N–H and O–H groups in total. The van der Waals surface area contributed by atoms with Crippen molar-refractivity contribution in [1.29, 1.82) is 0 Å². The highest BCUT2D eigenvalue weighted by molar-refractivity contribution is 5.94. The number of hydrogen-bond acceptors (Lipinski definition) is 4. The number of nitrogens with one attached hydrogen (secondary N) is 1. The van der Waals surface area contributed by atoms with Crippen LogP contribution in [0.2, 0.25) is 0 Å². The van der Waals surface area contributed by atoms with Crippen molar-refractivity contribution in [1.82, 2.24) is 15.1 Å². The summed E-state index contributed by atoms with van der Waals surface area (Å²) in [6.07, 6.45) is 1.52. The monoisotopic (exact) mass is 419 g/mol. The Kier molecular flexibility index (Phi) is 7.07. The molecule has 3 rings (SSSR count). The molecule has 2 saturated heterocycles. The highest BCUT2D eigenvalue weighted by Crippen LogP contribution is 2.44. The van der Waals surface area contributed by atoms with E-state index >= 15 is 0 Å². The maximum absolute atomic E-state index is 13.9. The molecular weight excluding hydrogens is 389 g/mol. The lowest BCUT2D eigenvalue weighted by Gasteiger charge is -2.38. The van der Waals surface area contributed by atoms with Gasteiger partial charge in [-0.1, -0.05) is 18.2 Å². The van der Waals surface area contributed by atoms with Gasteiger partial charge in [-0.15, -0.1) is 0 Å². The van der Waals surface area contributed by atoms with E-state index in [1.807, 2.05) is 6.92 Å². The maximum Gasteiger partial charge on any atom is 0.242 e. The smallest absolute Gasteiger partial charge is 0.242 e. The fraction of sp³-hybridized carbons (Fsp3) is 0.591. The minimum Gasteiger partial charge on any atom is -0.383 e. The summed E-state index contributed by atoms with van der Waals surface area (Å²) in [4.78, 5) is 41.7. The summed E-state index contributed by atoms with van der Waals surface area (Å²) in [5.74, 6) is -0.678. The number of rotatable bonds is 7. The van der Waals surface area contributed by atoms with Gasteiger partial charge in [0.15, 0.2) is 0 Å². The number of ether oxygens (including phenoxy) is 1. The van der Waals surface area contributed by atoms with Crippen molar-refractivity contribution >= 4 is 17.7 Å². The molecule has 0 saturated carbocycles. The summed E-state index contributed by atoms with van der Waals surface area (Å²) < 4.78 is 18.8. The molecule has 0 radical (unpaired) electrons. The number of hydrogen-bond donors (Lipinski definition) is 1. The van der Waals surface area contributed by atoms with Crippen molar-refractivity contribution in [3.8, 4) is 0 Å². The first-order valence-corrected chi connectivity index (χ1v) is 10.5. The molecule has 0 aromatic heterocycles.